The van der Waals surface area contributed by atoms with Crippen LogP contribution in [0.5, 0.6) is 0 Å². The Morgan fingerprint density at radius 1 is 1.23 bits per heavy atom. The molecule has 1 N–H and O–H groups in total. The number of halogens is 1. The molecule has 31 heavy (non-hydrogen) atoms. The monoisotopic (exact) mass is 431 g/mol. The number of amides is 1. The largest absolute Gasteiger partial charge is 0.347 e. The third-order valence-corrected chi connectivity index (χ3v) is 7.45. The molecule has 2 bridgehead atoms. The minimum Gasteiger partial charge on any atom is -0.347 e. The van der Waals surface area contributed by atoms with E-state index in [-0.39, 0.29) is 24.0 Å². The van der Waals surface area contributed by atoms with Crippen molar-refractivity contribution in [2.24, 2.45) is 0 Å². The molecule has 5 rings (SSSR count). The lowest BCUT2D eigenvalue weighted by Crippen LogP contribution is -2.43. The van der Waals surface area contributed by atoms with Crippen LogP contribution in [-0.2, 0) is 5.41 Å². The lowest BCUT2D eigenvalue weighted by molar-refractivity contribution is 0.0928. The van der Waals surface area contributed by atoms with Gasteiger partial charge in [0.1, 0.15) is 0 Å². The van der Waals surface area contributed by atoms with Gasteiger partial charge < -0.3 is 10.2 Å². The second-order valence-corrected chi connectivity index (χ2v) is 9.18. The molecule has 6 nitrogen and oxygen atoms in total. The third kappa shape index (κ3) is 3.23. The van der Waals surface area contributed by atoms with Crippen LogP contribution in [0.3, 0.4) is 0 Å². The fraction of sp³-hybridized carbons (Fsp3) is 0.417. The van der Waals surface area contributed by atoms with Gasteiger partial charge in [0.25, 0.3) is 5.91 Å². The summed E-state index contributed by atoms with van der Waals surface area (Å²) in [6.07, 6.45) is 7.73. The summed E-state index contributed by atoms with van der Waals surface area (Å²) < 4.78 is 0. The zero-order chi connectivity index (χ0) is 21.6. The van der Waals surface area contributed by atoms with Gasteiger partial charge in [-0.05, 0) is 62.8 Å². The van der Waals surface area contributed by atoms with E-state index in [9.17, 15) is 15.3 Å². The Hall–Kier alpha value is -3.09. The van der Waals surface area contributed by atoms with Crippen molar-refractivity contribution in [1.29, 1.82) is 10.5 Å². The number of nitrogens with one attached hydrogen (secondary N) is 1. The highest BCUT2D eigenvalue weighted by molar-refractivity contribution is 6.34. The van der Waals surface area contributed by atoms with Gasteiger partial charge in [0.15, 0.2) is 6.19 Å². The normalized spacial score (nSPS) is 25.4. The molecule has 2 aromatic rings. The quantitative estimate of drug-likeness (QED) is 0.733. The molecule has 3 heterocycles. The van der Waals surface area contributed by atoms with E-state index in [1.807, 2.05) is 29.2 Å². The van der Waals surface area contributed by atoms with E-state index in [4.69, 9.17) is 16.6 Å². The highest BCUT2D eigenvalue weighted by Crippen LogP contribution is 2.43. The smallest absolute Gasteiger partial charge is 0.253 e. The van der Waals surface area contributed by atoms with Crippen molar-refractivity contribution in [2.45, 2.75) is 62.1 Å². The molecule has 2 aliphatic heterocycles. The van der Waals surface area contributed by atoms with Crippen LogP contribution in [0, 0.1) is 22.8 Å². The summed E-state index contributed by atoms with van der Waals surface area (Å²) in [6.45, 7) is 0. The van der Waals surface area contributed by atoms with E-state index < -0.39 is 5.41 Å². The zero-order valence-corrected chi connectivity index (χ0v) is 17.8. The van der Waals surface area contributed by atoms with E-state index in [0.29, 0.717) is 10.6 Å². The van der Waals surface area contributed by atoms with Crippen molar-refractivity contribution in [1.82, 2.24) is 15.2 Å². The Labute approximate surface area is 186 Å². The van der Waals surface area contributed by atoms with E-state index in [1.165, 1.54) is 0 Å². The number of carbonyl (C=O) groups excluding carboxylic acids is 1. The molecule has 1 aliphatic carbocycles. The Morgan fingerprint density at radius 2 is 2.06 bits per heavy atom. The average Bonchev–Trinajstić information content (AvgIpc) is 3.30. The maximum atomic E-state index is 12.9. The molecule has 3 fully saturated rings. The van der Waals surface area contributed by atoms with Crippen molar-refractivity contribution in [3.05, 3.63) is 52.7 Å². The Bertz CT molecular complexity index is 1130. The number of nitrogens with zero attached hydrogens (tertiary/aromatic N) is 4. The highest BCUT2D eigenvalue weighted by Gasteiger charge is 2.46. The number of fused-ring (bicyclic) bond motifs is 2. The first kappa shape index (κ1) is 19.8. The predicted molar refractivity (Wildman–Crippen MR) is 116 cm³/mol. The lowest BCUT2D eigenvalue weighted by atomic mass is 9.67. The number of benzene rings is 1. The summed E-state index contributed by atoms with van der Waals surface area (Å²) in [7, 11) is 0. The SMILES string of the molecule is N#CN1[C@H]2CC[C@@H]1[C@H](NC(=O)c1ccc(-c3cccc(C4(C#N)CCC4)n3)cc1Cl)C2. The maximum absolute atomic E-state index is 12.9. The second-order valence-electron chi connectivity index (χ2n) is 8.77. The Balaban J connectivity index is 1.35. The first-order valence-electron chi connectivity index (χ1n) is 10.7. The number of rotatable bonds is 4. The minimum atomic E-state index is -0.475. The number of aromatic nitrogens is 1. The van der Waals surface area contributed by atoms with Gasteiger partial charge >= 0.3 is 0 Å². The summed E-state index contributed by atoms with van der Waals surface area (Å²) in [5, 5.41) is 22.4. The maximum Gasteiger partial charge on any atom is 0.253 e. The van der Waals surface area contributed by atoms with Gasteiger partial charge in [-0.2, -0.15) is 10.5 Å². The number of hydrogen-bond donors (Lipinski definition) is 1. The molecular weight excluding hydrogens is 410 g/mol. The minimum absolute atomic E-state index is 0.0235. The average molecular weight is 432 g/mol. The predicted octanol–water partition coefficient (Wildman–Crippen LogP) is 4.16. The topological polar surface area (TPSA) is 92.8 Å². The molecule has 1 amide bonds. The van der Waals surface area contributed by atoms with E-state index in [0.717, 1.165) is 55.5 Å². The standard InChI is InChI=1S/C24H22ClN5O/c25-18-11-15(19-3-1-4-22(28-19)24(13-26)9-2-10-24)5-7-17(18)23(31)29-20-12-16-6-8-21(20)30(16)14-27/h1,3-5,7,11,16,20-21H,2,6,8-10,12H2,(H,29,31)/t16-,20+,21+/m0/s1. The zero-order valence-electron chi connectivity index (χ0n) is 17.0. The molecule has 3 aliphatic rings. The fourth-order valence-corrected chi connectivity index (χ4v) is 5.49. The molecular formula is C24H22ClN5O. The molecule has 2 saturated heterocycles. The highest BCUT2D eigenvalue weighted by atomic mass is 35.5. The van der Waals surface area contributed by atoms with Crippen molar-refractivity contribution in [3.63, 3.8) is 0 Å². The number of carbonyl (C=O) groups is 1. The molecule has 1 saturated carbocycles. The lowest BCUT2D eigenvalue weighted by Gasteiger charge is -2.34. The summed E-state index contributed by atoms with van der Waals surface area (Å²) in [4.78, 5) is 19.4. The number of hydrogen-bond acceptors (Lipinski definition) is 5. The van der Waals surface area contributed by atoms with Crippen LogP contribution in [-0.4, -0.2) is 33.9 Å². The molecule has 3 atom stereocenters. The Kier molecular flexibility index (Phi) is 4.84. The fourth-order valence-electron chi connectivity index (χ4n) is 5.22. The molecule has 1 aromatic carbocycles. The first-order chi connectivity index (χ1) is 15.0. The van der Waals surface area contributed by atoms with Gasteiger partial charge in [-0.1, -0.05) is 23.7 Å². The molecule has 0 spiro atoms. The van der Waals surface area contributed by atoms with Crippen LogP contribution in [0.25, 0.3) is 11.3 Å². The van der Waals surface area contributed by atoms with Gasteiger partial charge in [-0.25, -0.2) is 0 Å². The van der Waals surface area contributed by atoms with Crippen molar-refractivity contribution in [3.8, 4) is 23.5 Å². The van der Waals surface area contributed by atoms with E-state index in [1.54, 1.807) is 12.1 Å². The van der Waals surface area contributed by atoms with Crippen LogP contribution in [0.4, 0.5) is 0 Å². The molecule has 0 unspecified atom stereocenters. The van der Waals surface area contributed by atoms with Crippen LogP contribution in [0.2, 0.25) is 5.02 Å². The van der Waals surface area contributed by atoms with Crippen LogP contribution in [0.1, 0.15) is 54.6 Å². The molecule has 0 radical (unpaired) electrons. The summed E-state index contributed by atoms with van der Waals surface area (Å²) in [5.74, 6) is -0.216. The van der Waals surface area contributed by atoms with Gasteiger partial charge in [-0.3, -0.25) is 9.78 Å². The van der Waals surface area contributed by atoms with Crippen molar-refractivity contribution in [2.75, 3.05) is 0 Å². The summed E-state index contributed by atoms with van der Waals surface area (Å²) in [6, 6.07) is 13.8. The van der Waals surface area contributed by atoms with Crippen molar-refractivity contribution >= 4 is 17.5 Å². The van der Waals surface area contributed by atoms with Gasteiger partial charge in [0.2, 0.25) is 0 Å². The van der Waals surface area contributed by atoms with Crippen LogP contribution in [0.15, 0.2) is 36.4 Å². The van der Waals surface area contributed by atoms with Crippen LogP contribution < -0.4 is 5.32 Å². The van der Waals surface area contributed by atoms with Gasteiger partial charge in [0, 0.05) is 11.6 Å². The number of nitriles is 2. The molecule has 1 aromatic heterocycles. The van der Waals surface area contributed by atoms with Crippen molar-refractivity contribution < 1.29 is 4.79 Å². The van der Waals surface area contributed by atoms with Crippen LogP contribution >= 0.6 is 11.6 Å². The number of pyridine rings is 1. The third-order valence-electron chi connectivity index (χ3n) is 7.14. The van der Waals surface area contributed by atoms with Gasteiger partial charge in [0.05, 0.1) is 45.5 Å². The molecule has 156 valence electrons. The second kappa shape index (κ2) is 7.55. The first-order valence-corrected chi connectivity index (χ1v) is 11.1. The molecule has 7 heteroatoms. The summed E-state index contributed by atoms with van der Waals surface area (Å²) >= 11 is 6.49. The van der Waals surface area contributed by atoms with E-state index >= 15 is 0 Å². The Morgan fingerprint density at radius 3 is 2.71 bits per heavy atom. The summed E-state index contributed by atoms with van der Waals surface area (Å²) in [5.41, 5.74) is 2.30. The van der Waals surface area contributed by atoms with E-state index in [2.05, 4.69) is 17.6 Å². The van der Waals surface area contributed by atoms with Gasteiger partial charge in [-0.15, -0.1) is 0 Å².